The first kappa shape index (κ1) is 15.7. The zero-order chi connectivity index (χ0) is 14.8. The Labute approximate surface area is 127 Å². The Kier molecular flexibility index (Phi) is 5.03. The summed E-state index contributed by atoms with van der Waals surface area (Å²) in [6, 6.07) is 1.86. The fraction of sp³-hybridized carbons (Fsp3) is 0.750. The largest absolute Gasteiger partial charge is 0.373 e. The van der Waals surface area contributed by atoms with Crippen LogP contribution in [0.15, 0.2) is 6.07 Å². The molecule has 1 aliphatic rings. The second kappa shape index (κ2) is 6.40. The number of halogens is 1. The third kappa shape index (κ3) is 3.70. The molecule has 0 spiro atoms. The molecule has 1 heterocycles. The third-order valence-electron chi connectivity index (χ3n) is 4.07. The fourth-order valence-electron chi connectivity index (χ4n) is 2.89. The molecule has 4 heteroatoms. The van der Waals surface area contributed by atoms with Crippen molar-refractivity contribution in [3.05, 3.63) is 22.7 Å². The molecule has 0 aromatic carbocycles. The number of nitrogens with zero attached hydrogens (tertiary/aromatic N) is 2. The van der Waals surface area contributed by atoms with Crippen molar-refractivity contribution in [3.63, 3.8) is 0 Å². The third-order valence-corrected chi connectivity index (χ3v) is 4.26. The number of hydrogen-bond acceptors (Lipinski definition) is 3. The van der Waals surface area contributed by atoms with E-state index in [0.717, 1.165) is 11.5 Å². The van der Waals surface area contributed by atoms with Crippen LogP contribution in [0.25, 0.3) is 0 Å². The Bertz CT molecular complexity index is 450. The quantitative estimate of drug-likeness (QED) is 0.759. The smallest absolute Gasteiger partial charge is 0.159 e. The standard InChI is InChI=1S/C16H25ClN2O/c1-16(2,3)12-10-13(17)19-15(18-12)14(20-4)11-8-6-5-7-9-11/h10-11,14H,5-9H2,1-4H3. The highest BCUT2D eigenvalue weighted by atomic mass is 35.5. The predicted molar refractivity (Wildman–Crippen MR) is 82.1 cm³/mol. The molecule has 1 aliphatic carbocycles. The Morgan fingerprint density at radius 1 is 1.20 bits per heavy atom. The molecular formula is C16H25ClN2O. The van der Waals surface area contributed by atoms with E-state index in [-0.39, 0.29) is 11.5 Å². The van der Waals surface area contributed by atoms with E-state index < -0.39 is 0 Å². The van der Waals surface area contributed by atoms with E-state index in [9.17, 15) is 0 Å². The van der Waals surface area contributed by atoms with Gasteiger partial charge in [0.1, 0.15) is 11.3 Å². The van der Waals surface area contributed by atoms with Crippen molar-refractivity contribution < 1.29 is 4.74 Å². The maximum atomic E-state index is 6.19. The average Bonchev–Trinajstić information content (AvgIpc) is 2.39. The molecule has 0 saturated heterocycles. The molecular weight excluding hydrogens is 272 g/mol. The van der Waals surface area contributed by atoms with E-state index in [4.69, 9.17) is 21.3 Å². The van der Waals surface area contributed by atoms with Gasteiger partial charge >= 0.3 is 0 Å². The predicted octanol–water partition coefficient (Wildman–Crippen LogP) is 4.70. The van der Waals surface area contributed by atoms with E-state index in [0.29, 0.717) is 11.1 Å². The van der Waals surface area contributed by atoms with Crippen LogP contribution in [0.3, 0.4) is 0 Å². The second-order valence-corrected chi connectivity index (χ2v) is 7.13. The maximum absolute atomic E-state index is 6.19. The SMILES string of the molecule is COC(c1nc(Cl)cc(C(C)(C)C)n1)C1CCCCC1. The highest BCUT2D eigenvalue weighted by molar-refractivity contribution is 6.29. The normalized spacial score (nSPS) is 19.1. The van der Waals surface area contributed by atoms with Gasteiger partial charge < -0.3 is 4.74 Å². The lowest BCUT2D eigenvalue weighted by molar-refractivity contribution is 0.0286. The van der Waals surface area contributed by atoms with Crippen LogP contribution in [0, 0.1) is 5.92 Å². The molecule has 1 aromatic heterocycles. The van der Waals surface area contributed by atoms with Crippen LogP contribution in [-0.4, -0.2) is 17.1 Å². The van der Waals surface area contributed by atoms with Crippen molar-refractivity contribution in [3.8, 4) is 0 Å². The van der Waals surface area contributed by atoms with Crippen LogP contribution >= 0.6 is 11.6 Å². The highest BCUT2D eigenvalue weighted by Gasteiger charge is 2.29. The Hall–Kier alpha value is -0.670. The van der Waals surface area contributed by atoms with Gasteiger partial charge in [0.05, 0.1) is 5.69 Å². The van der Waals surface area contributed by atoms with Crippen molar-refractivity contribution >= 4 is 11.6 Å². The molecule has 0 N–H and O–H groups in total. The summed E-state index contributed by atoms with van der Waals surface area (Å²) >= 11 is 6.19. The first-order chi connectivity index (χ1) is 9.41. The van der Waals surface area contributed by atoms with Gasteiger partial charge in [0.2, 0.25) is 0 Å². The van der Waals surface area contributed by atoms with Crippen LogP contribution in [-0.2, 0) is 10.2 Å². The number of hydrogen-bond donors (Lipinski definition) is 0. The molecule has 1 unspecified atom stereocenters. The lowest BCUT2D eigenvalue weighted by Gasteiger charge is -2.29. The molecule has 0 amide bonds. The number of rotatable bonds is 3. The summed E-state index contributed by atoms with van der Waals surface area (Å²) in [4.78, 5) is 9.15. The molecule has 1 aromatic rings. The van der Waals surface area contributed by atoms with Crippen LogP contribution in [0.4, 0.5) is 0 Å². The minimum atomic E-state index is -0.0355. The summed E-state index contributed by atoms with van der Waals surface area (Å²) in [6.45, 7) is 6.41. The van der Waals surface area contributed by atoms with Gasteiger partial charge in [0.15, 0.2) is 5.82 Å². The second-order valence-electron chi connectivity index (χ2n) is 6.74. The molecule has 112 valence electrons. The lowest BCUT2D eigenvalue weighted by atomic mass is 9.84. The van der Waals surface area contributed by atoms with Crippen molar-refractivity contribution in [2.45, 2.75) is 64.4 Å². The number of ether oxygens (including phenoxy) is 1. The van der Waals surface area contributed by atoms with Gasteiger partial charge in [-0.3, -0.25) is 0 Å². The number of aromatic nitrogens is 2. The highest BCUT2D eigenvalue weighted by Crippen LogP contribution is 2.36. The number of methoxy groups -OCH3 is 1. The van der Waals surface area contributed by atoms with Crippen molar-refractivity contribution in [1.29, 1.82) is 0 Å². The molecule has 2 rings (SSSR count). The summed E-state index contributed by atoms with van der Waals surface area (Å²) in [7, 11) is 1.75. The Balaban J connectivity index is 2.31. The van der Waals surface area contributed by atoms with Crippen LogP contribution in [0.5, 0.6) is 0 Å². The molecule has 0 radical (unpaired) electrons. The summed E-state index contributed by atoms with van der Waals surface area (Å²) in [5, 5.41) is 0.512. The average molecular weight is 297 g/mol. The minimum absolute atomic E-state index is 0.0323. The molecule has 1 atom stereocenters. The van der Waals surface area contributed by atoms with E-state index in [1.807, 2.05) is 6.07 Å². The lowest BCUT2D eigenvalue weighted by Crippen LogP contribution is -2.22. The first-order valence-electron chi connectivity index (χ1n) is 7.49. The van der Waals surface area contributed by atoms with Gasteiger partial charge in [-0.05, 0) is 24.8 Å². The van der Waals surface area contributed by atoms with Gasteiger partial charge in [-0.25, -0.2) is 9.97 Å². The Morgan fingerprint density at radius 3 is 2.40 bits per heavy atom. The first-order valence-corrected chi connectivity index (χ1v) is 7.87. The van der Waals surface area contributed by atoms with Crippen molar-refractivity contribution in [2.75, 3.05) is 7.11 Å². The van der Waals surface area contributed by atoms with Gasteiger partial charge in [-0.15, -0.1) is 0 Å². The van der Waals surface area contributed by atoms with Gasteiger partial charge in [0.25, 0.3) is 0 Å². The fourth-order valence-corrected chi connectivity index (χ4v) is 3.08. The van der Waals surface area contributed by atoms with Crippen LogP contribution < -0.4 is 0 Å². The maximum Gasteiger partial charge on any atom is 0.159 e. The summed E-state index contributed by atoms with van der Waals surface area (Å²) in [6.07, 6.45) is 6.24. The van der Waals surface area contributed by atoms with E-state index in [1.165, 1.54) is 32.1 Å². The summed E-state index contributed by atoms with van der Waals surface area (Å²) in [5.41, 5.74) is 0.942. The molecule has 20 heavy (non-hydrogen) atoms. The van der Waals surface area contributed by atoms with Crippen LogP contribution in [0.1, 0.15) is 70.5 Å². The zero-order valence-electron chi connectivity index (χ0n) is 12.9. The van der Waals surface area contributed by atoms with E-state index in [2.05, 4.69) is 25.8 Å². The topological polar surface area (TPSA) is 35.0 Å². The van der Waals surface area contributed by atoms with Crippen molar-refractivity contribution in [2.24, 2.45) is 5.92 Å². The van der Waals surface area contributed by atoms with Crippen LogP contribution in [0.2, 0.25) is 5.15 Å². The van der Waals surface area contributed by atoms with Gasteiger partial charge in [-0.1, -0.05) is 51.6 Å². The van der Waals surface area contributed by atoms with Gasteiger partial charge in [0, 0.05) is 12.5 Å². The summed E-state index contributed by atoms with van der Waals surface area (Å²) < 4.78 is 5.71. The zero-order valence-corrected chi connectivity index (χ0v) is 13.7. The van der Waals surface area contributed by atoms with E-state index >= 15 is 0 Å². The van der Waals surface area contributed by atoms with E-state index in [1.54, 1.807) is 7.11 Å². The molecule has 1 saturated carbocycles. The van der Waals surface area contributed by atoms with Gasteiger partial charge in [-0.2, -0.15) is 0 Å². The Morgan fingerprint density at radius 2 is 1.85 bits per heavy atom. The molecule has 1 fully saturated rings. The molecule has 3 nitrogen and oxygen atoms in total. The monoisotopic (exact) mass is 296 g/mol. The minimum Gasteiger partial charge on any atom is -0.373 e. The van der Waals surface area contributed by atoms with Crippen molar-refractivity contribution in [1.82, 2.24) is 9.97 Å². The molecule has 0 aliphatic heterocycles. The molecule has 0 bridgehead atoms. The summed E-state index contributed by atoms with van der Waals surface area (Å²) in [5.74, 6) is 1.26.